The monoisotopic (exact) mass is 445 g/mol. The molecule has 1 aromatic heterocycles. The molecule has 160 valence electrons. The largest absolute Gasteiger partial charge is 0.293 e. The van der Waals surface area contributed by atoms with E-state index in [0.717, 1.165) is 28.6 Å². The van der Waals surface area contributed by atoms with Crippen LogP contribution in [0.4, 0.5) is 5.69 Å². The lowest BCUT2D eigenvalue weighted by Crippen LogP contribution is -2.23. The topological polar surface area (TPSA) is 95.1 Å². The fourth-order valence-corrected chi connectivity index (χ4v) is 4.46. The van der Waals surface area contributed by atoms with Crippen molar-refractivity contribution in [3.8, 4) is 5.69 Å². The average molecular weight is 446 g/mol. The molecule has 0 aliphatic carbocycles. The van der Waals surface area contributed by atoms with Crippen LogP contribution in [0.25, 0.3) is 16.6 Å². The molecule has 7 nitrogen and oxygen atoms in total. The van der Waals surface area contributed by atoms with Crippen molar-refractivity contribution in [1.82, 2.24) is 9.55 Å². The molecule has 1 heterocycles. The van der Waals surface area contributed by atoms with Gasteiger partial charge < -0.3 is 0 Å². The van der Waals surface area contributed by atoms with E-state index in [0.29, 0.717) is 16.1 Å². The van der Waals surface area contributed by atoms with E-state index < -0.39 is 4.92 Å². The van der Waals surface area contributed by atoms with Gasteiger partial charge in [-0.05, 0) is 37.1 Å². The zero-order valence-electron chi connectivity index (χ0n) is 17.4. The fourth-order valence-electron chi connectivity index (χ4n) is 3.57. The van der Waals surface area contributed by atoms with Crippen LogP contribution in [0.5, 0.6) is 0 Å². The van der Waals surface area contributed by atoms with Gasteiger partial charge in [0.15, 0.2) is 10.9 Å². The molecule has 0 aliphatic heterocycles. The summed E-state index contributed by atoms with van der Waals surface area (Å²) in [5.41, 5.74) is 3.00. The van der Waals surface area contributed by atoms with E-state index in [4.69, 9.17) is 0 Å². The standard InChI is InChI=1S/C24H19N3O4S/c1-15-7-5-8-16(2)22(15)26-23(29)19-11-3-4-12-20(19)25-24(26)32-14-21(28)17-9-6-10-18(13-17)27(30)31/h3-13H,14H2,1-2H3. The normalized spacial score (nSPS) is 10.9. The van der Waals surface area contributed by atoms with Gasteiger partial charge in [0.25, 0.3) is 11.2 Å². The Hall–Kier alpha value is -3.78. The Kier molecular flexibility index (Phi) is 5.87. The molecular formula is C24H19N3O4S. The molecule has 0 saturated heterocycles. The van der Waals surface area contributed by atoms with Gasteiger partial charge in [0.2, 0.25) is 0 Å². The van der Waals surface area contributed by atoms with Gasteiger partial charge >= 0.3 is 0 Å². The minimum Gasteiger partial charge on any atom is -0.293 e. The summed E-state index contributed by atoms with van der Waals surface area (Å²) in [5, 5.41) is 11.9. The van der Waals surface area contributed by atoms with Crippen molar-refractivity contribution in [3.05, 3.63) is 104 Å². The summed E-state index contributed by atoms with van der Waals surface area (Å²) in [4.78, 5) is 41.4. The van der Waals surface area contributed by atoms with Crippen LogP contribution >= 0.6 is 11.8 Å². The van der Waals surface area contributed by atoms with Gasteiger partial charge in [0.05, 0.1) is 27.3 Å². The van der Waals surface area contributed by atoms with Crippen LogP contribution in [0.15, 0.2) is 76.7 Å². The van der Waals surface area contributed by atoms with Crippen molar-refractivity contribution in [2.45, 2.75) is 19.0 Å². The summed E-state index contributed by atoms with van der Waals surface area (Å²) < 4.78 is 1.55. The number of rotatable bonds is 6. The number of para-hydroxylation sites is 2. The highest BCUT2D eigenvalue weighted by Crippen LogP contribution is 2.26. The van der Waals surface area contributed by atoms with Gasteiger partial charge in [-0.1, -0.05) is 54.2 Å². The number of Topliss-reactive ketones (excluding diaryl/α,β-unsaturated/α-hetero) is 1. The molecule has 32 heavy (non-hydrogen) atoms. The lowest BCUT2D eigenvalue weighted by atomic mass is 10.1. The smallest absolute Gasteiger partial charge is 0.270 e. The molecule has 0 aliphatic rings. The van der Waals surface area contributed by atoms with Gasteiger partial charge in [-0.15, -0.1) is 0 Å². The summed E-state index contributed by atoms with van der Waals surface area (Å²) in [6.07, 6.45) is 0. The van der Waals surface area contributed by atoms with Crippen LogP contribution < -0.4 is 5.56 Å². The summed E-state index contributed by atoms with van der Waals surface area (Å²) in [7, 11) is 0. The van der Waals surface area contributed by atoms with Crippen molar-refractivity contribution in [2.24, 2.45) is 0 Å². The number of nitro benzene ring substituents is 1. The Morgan fingerprint density at radius 2 is 1.72 bits per heavy atom. The first-order valence-corrected chi connectivity index (χ1v) is 10.8. The Morgan fingerprint density at radius 3 is 2.44 bits per heavy atom. The Bertz CT molecular complexity index is 1410. The molecular weight excluding hydrogens is 426 g/mol. The number of benzene rings is 3. The van der Waals surface area contributed by atoms with Crippen molar-refractivity contribution >= 4 is 34.1 Å². The Labute approximate surface area is 187 Å². The first kappa shape index (κ1) is 21.5. The number of aryl methyl sites for hydroxylation is 2. The highest BCUT2D eigenvalue weighted by Gasteiger charge is 2.18. The maximum Gasteiger partial charge on any atom is 0.270 e. The number of ketones is 1. The third-order valence-corrected chi connectivity index (χ3v) is 6.06. The van der Waals surface area contributed by atoms with E-state index in [1.54, 1.807) is 34.9 Å². The molecule has 4 rings (SSSR count). The summed E-state index contributed by atoms with van der Waals surface area (Å²) in [6.45, 7) is 3.85. The molecule has 0 unspecified atom stereocenters. The minimum absolute atomic E-state index is 0.0170. The lowest BCUT2D eigenvalue weighted by molar-refractivity contribution is -0.384. The quantitative estimate of drug-likeness (QED) is 0.138. The maximum absolute atomic E-state index is 13.4. The molecule has 0 amide bonds. The van der Waals surface area contributed by atoms with Gasteiger partial charge in [-0.25, -0.2) is 4.98 Å². The molecule has 8 heteroatoms. The lowest BCUT2D eigenvalue weighted by Gasteiger charge is -2.17. The minimum atomic E-state index is -0.534. The molecule has 0 atom stereocenters. The second kappa shape index (κ2) is 8.76. The first-order valence-electron chi connectivity index (χ1n) is 9.85. The zero-order valence-corrected chi connectivity index (χ0v) is 18.3. The van der Waals surface area contributed by atoms with Crippen molar-refractivity contribution in [2.75, 3.05) is 5.75 Å². The zero-order chi connectivity index (χ0) is 22.8. The van der Waals surface area contributed by atoms with Crippen LogP contribution in [0.1, 0.15) is 21.5 Å². The Balaban J connectivity index is 1.78. The highest BCUT2D eigenvalue weighted by atomic mass is 32.2. The van der Waals surface area contributed by atoms with E-state index in [9.17, 15) is 19.7 Å². The number of thioether (sulfide) groups is 1. The van der Waals surface area contributed by atoms with Crippen LogP contribution in [0.3, 0.4) is 0 Å². The summed E-state index contributed by atoms with van der Waals surface area (Å²) in [5.74, 6) is -0.300. The van der Waals surface area contributed by atoms with Gasteiger partial charge in [-0.3, -0.25) is 24.3 Å². The number of hydrogen-bond donors (Lipinski definition) is 0. The summed E-state index contributed by atoms with van der Waals surface area (Å²) >= 11 is 1.14. The maximum atomic E-state index is 13.4. The highest BCUT2D eigenvalue weighted by molar-refractivity contribution is 7.99. The summed E-state index contributed by atoms with van der Waals surface area (Å²) in [6, 6.07) is 18.5. The SMILES string of the molecule is Cc1cccc(C)c1-n1c(SCC(=O)c2cccc([N+](=O)[O-])c2)nc2ccccc2c1=O. The fraction of sp³-hybridized carbons (Fsp3) is 0.125. The number of aromatic nitrogens is 2. The number of carbonyl (C=O) groups excluding carboxylic acids is 1. The predicted molar refractivity (Wildman–Crippen MR) is 125 cm³/mol. The van der Waals surface area contributed by atoms with Crippen molar-refractivity contribution in [1.29, 1.82) is 0 Å². The third-order valence-electron chi connectivity index (χ3n) is 5.12. The van der Waals surface area contributed by atoms with E-state index in [-0.39, 0.29) is 28.3 Å². The van der Waals surface area contributed by atoms with Gasteiger partial charge in [0.1, 0.15) is 0 Å². The van der Waals surface area contributed by atoms with E-state index in [2.05, 4.69) is 4.98 Å². The van der Waals surface area contributed by atoms with Crippen molar-refractivity contribution < 1.29 is 9.72 Å². The Morgan fingerprint density at radius 1 is 1.03 bits per heavy atom. The first-order chi connectivity index (χ1) is 15.4. The second-order valence-corrected chi connectivity index (χ2v) is 8.25. The molecule has 0 N–H and O–H groups in total. The molecule has 3 aromatic carbocycles. The van der Waals surface area contributed by atoms with Gasteiger partial charge in [-0.2, -0.15) is 0 Å². The number of fused-ring (bicyclic) bond motifs is 1. The average Bonchev–Trinajstić information content (AvgIpc) is 2.79. The molecule has 0 radical (unpaired) electrons. The van der Waals surface area contributed by atoms with Crippen molar-refractivity contribution in [3.63, 3.8) is 0 Å². The van der Waals surface area contributed by atoms with Crippen LogP contribution in [-0.4, -0.2) is 26.0 Å². The molecule has 0 bridgehead atoms. The molecule has 0 fully saturated rings. The molecule has 4 aromatic rings. The second-order valence-electron chi connectivity index (χ2n) is 7.31. The predicted octanol–water partition coefficient (Wildman–Crippen LogP) is 4.89. The van der Waals surface area contributed by atoms with Gasteiger partial charge in [0, 0.05) is 17.7 Å². The van der Waals surface area contributed by atoms with Crippen LogP contribution in [0.2, 0.25) is 0 Å². The number of carbonyl (C=O) groups is 1. The van der Waals surface area contributed by atoms with Crippen LogP contribution in [0, 0.1) is 24.0 Å². The number of nitrogens with zero attached hydrogens (tertiary/aromatic N) is 3. The third kappa shape index (κ3) is 4.04. The van der Waals surface area contributed by atoms with Crippen LogP contribution in [-0.2, 0) is 0 Å². The molecule has 0 saturated carbocycles. The van der Waals surface area contributed by atoms with E-state index in [1.807, 2.05) is 32.0 Å². The molecule has 0 spiro atoms. The number of nitro groups is 1. The van der Waals surface area contributed by atoms with E-state index in [1.165, 1.54) is 18.2 Å². The van der Waals surface area contributed by atoms with E-state index >= 15 is 0 Å². The number of non-ortho nitro benzene ring substituents is 1. The number of hydrogen-bond acceptors (Lipinski definition) is 6.